The van der Waals surface area contributed by atoms with Gasteiger partial charge in [0.25, 0.3) is 0 Å². The highest BCUT2D eigenvalue weighted by molar-refractivity contribution is 7.99. The predicted octanol–water partition coefficient (Wildman–Crippen LogP) is 4.33. The van der Waals surface area contributed by atoms with Crippen LogP contribution in [-0.2, 0) is 17.6 Å². The van der Waals surface area contributed by atoms with Crippen LogP contribution in [0, 0.1) is 0 Å². The summed E-state index contributed by atoms with van der Waals surface area (Å²) in [7, 11) is 0. The fourth-order valence-corrected chi connectivity index (χ4v) is 3.92. The quantitative estimate of drug-likeness (QED) is 0.912. The van der Waals surface area contributed by atoms with Gasteiger partial charge in [-0.2, -0.15) is 0 Å². The molecule has 2 aromatic carbocycles. The molecule has 0 aliphatic carbocycles. The first-order chi connectivity index (χ1) is 11.0. The minimum atomic E-state index is -0.858. The molecule has 1 heterocycles. The Morgan fingerprint density at radius 1 is 1.22 bits per heavy atom. The maximum absolute atomic E-state index is 12.5. The van der Waals surface area contributed by atoms with Gasteiger partial charge in [0.1, 0.15) is 0 Å². The fraction of sp³-hybridized carbons (Fsp3) is 0.263. The van der Waals surface area contributed by atoms with Gasteiger partial charge in [0.05, 0.1) is 5.92 Å². The Morgan fingerprint density at radius 2 is 2.00 bits per heavy atom. The van der Waals surface area contributed by atoms with Crippen molar-refractivity contribution in [1.29, 1.82) is 0 Å². The van der Waals surface area contributed by atoms with Crippen LogP contribution in [0.15, 0.2) is 46.2 Å². The van der Waals surface area contributed by atoms with Gasteiger partial charge in [0, 0.05) is 21.8 Å². The third-order valence-corrected chi connectivity index (χ3v) is 5.44. The number of carbonyl (C=O) groups excluding carboxylic acids is 1. The molecule has 1 atom stereocenters. The molecule has 0 spiro atoms. The molecule has 0 fully saturated rings. The van der Waals surface area contributed by atoms with E-state index in [-0.39, 0.29) is 5.78 Å². The van der Waals surface area contributed by atoms with Crippen molar-refractivity contribution in [1.82, 2.24) is 0 Å². The minimum absolute atomic E-state index is 0.0880. The van der Waals surface area contributed by atoms with Crippen LogP contribution in [0.3, 0.4) is 0 Å². The maximum atomic E-state index is 12.5. The van der Waals surface area contributed by atoms with Crippen molar-refractivity contribution in [2.45, 2.75) is 42.4 Å². The van der Waals surface area contributed by atoms with Crippen molar-refractivity contribution in [3.63, 3.8) is 0 Å². The van der Waals surface area contributed by atoms with Crippen LogP contribution in [0.2, 0.25) is 0 Å². The third kappa shape index (κ3) is 3.04. The molecule has 2 aromatic rings. The number of fused-ring (bicyclic) bond motifs is 2. The Kier molecular flexibility index (Phi) is 4.26. The van der Waals surface area contributed by atoms with Gasteiger partial charge >= 0.3 is 5.97 Å². The zero-order valence-electron chi connectivity index (χ0n) is 13.1. The summed E-state index contributed by atoms with van der Waals surface area (Å²) in [5.41, 5.74) is 3.70. The zero-order chi connectivity index (χ0) is 16.6. The number of hydrogen-bond donors (Lipinski definition) is 1. The van der Waals surface area contributed by atoms with E-state index < -0.39 is 11.9 Å². The number of benzene rings is 2. The molecule has 3 nitrogen and oxygen atoms in total. The molecule has 0 saturated heterocycles. The lowest BCUT2D eigenvalue weighted by molar-refractivity contribution is -0.138. The van der Waals surface area contributed by atoms with Crippen molar-refractivity contribution < 1.29 is 14.7 Å². The summed E-state index contributed by atoms with van der Waals surface area (Å²) in [6.45, 7) is 3.77. The fourth-order valence-electron chi connectivity index (χ4n) is 2.71. The zero-order valence-corrected chi connectivity index (χ0v) is 13.9. The molecule has 4 heteroatoms. The van der Waals surface area contributed by atoms with E-state index in [2.05, 4.69) is 19.1 Å². The third-order valence-electron chi connectivity index (χ3n) is 4.29. The number of carboxylic acid groups (broad SMARTS) is 1. The number of carboxylic acids is 1. The minimum Gasteiger partial charge on any atom is -0.481 e. The average Bonchev–Trinajstić information content (AvgIpc) is 2.68. The van der Waals surface area contributed by atoms with Crippen molar-refractivity contribution in [2.24, 2.45) is 0 Å². The van der Waals surface area contributed by atoms with Gasteiger partial charge in [0.2, 0.25) is 0 Å². The second-order valence-electron chi connectivity index (χ2n) is 5.81. The highest BCUT2D eigenvalue weighted by atomic mass is 32.2. The Labute approximate surface area is 139 Å². The second-order valence-corrected chi connectivity index (χ2v) is 6.90. The average molecular weight is 326 g/mol. The standard InChI is InChI=1S/C19H18O3S/c1-3-12-4-5-14-9-16(20)15-7-6-13(11(2)19(21)22)10-18(15)23-17(14)8-12/h4-8,10-11H,3,9H2,1-2H3,(H,21,22). The Hall–Kier alpha value is -2.07. The smallest absolute Gasteiger partial charge is 0.310 e. The molecule has 0 amide bonds. The number of ketones is 1. The SMILES string of the molecule is CCc1ccc2c(c1)Sc1cc(C(C)C(=O)O)ccc1C(=O)C2. The van der Waals surface area contributed by atoms with E-state index in [1.54, 1.807) is 30.8 Å². The summed E-state index contributed by atoms with van der Waals surface area (Å²) in [5, 5.41) is 9.20. The molecule has 23 heavy (non-hydrogen) atoms. The van der Waals surface area contributed by atoms with Gasteiger partial charge in [-0.3, -0.25) is 9.59 Å². The monoisotopic (exact) mass is 326 g/mol. The maximum Gasteiger partial charge on any atom is 0.310 e. The van der Waals surface area contributed by atoms with Crippen molar-refractivity contribution in [3.05, 3.63) is 58.7 Å². The number of aryl methyl sites for hydroxylation is 1. The molecule has 1 aliphatic heterocycles. The lowest BCUT2D eigenvalue weighted by Crippen LogP contribution is -2.09. The molecule has 0 saturated carbocycles. The van der Waals surface area contributed by atoms with E-state index in [1.165, 1.54) is 5.56 Å². The van der Waals surface area contributed by atoms with E-state index in [0.717, 1.165) is 27.3 Å². The summed E-state index contributed by atoms with van der Waals surface area (Å²) >= 11 is 1.57. The molecule has 3 rings (SSSR count). The van der Waals surface area contributed by atoms with E-state index in [0.29, 0.717) is 12.0 Å². The van der Waals surface area contributed by atoms with Crippen molar-refractivity contribution in [3.8, 4) is 0 Å². The summed E-state index contributed by atoms with van der Waals surface area (Å²) in [4.78, 5) is 25.7. The van der Waals surface area contributed by atoms with Gasteiger partial charge in [-0.25, -0.2) is 0 Å². The van der Waals surface area contributed by atoms with Crippen LogP contribution >= 0.6 is 11.8 Å². The number of hydrogen-bond acceptors (Lipinski definition) is 3. The first-order valence-electron chi connectivity index (χ1n) is 7.69. The lowest BCUT2D eigenvalue weighted by atomic mass is 9.97. The first kappa shape index (κ1) is 15.8. The van der Waals surface area contributed by atoms with Crippen molar-refractivity contribution in [2.75, 3.05) is 0 Å². The van der Waals surface area contributed by atoms with Gasteiger partial charge in [-0.05, 0) is 48.2 Å². The largest absolute Gasteiger partial charge is 0.481 e. The molecule has 1 N–H and O–H groups in total. The molecule has 0 bridgehead atoms. The summed E-state index contributed by atoms with van der Waals surface area (Å²) in [5.74, 6) is -1.35. The Morgan fingerprint density at radius 3 is 2.70 bits per heavy atom. The number of rotatable bonds is 3. The van der Waals surface area contributed by atoms with Gasteiger partial charge in [-0.1, -0.05) is 36.9 Å². The van der Waals surface area contributed by atoms with Gasteiger partial charge in [0.15, 0.2) is 5.78 Å². The lowest BCUT2D eigenvalue weighted by Gasteiger charge is -2.11. The normalized spacial score (nSPS) is 14.6. The van der Waals surface area contributed by atoms with Crippen LogP contribution in [0.1, 0.15) is 46.8 Å². The molecule has 1 aliphatic rings. The molecule has 0 radical (unpaired) electrons. The van der Waals surface area contributed by atoms with Crippen LogP contribution in [0.5, 0.6) is 0 Å². The Balaban J connectivity index is 2.07. The highest BCUT2D eigenvalue weighted by Gasteiger charge is 2.23. The molecular formula is C19H18O3S. The summed E-state index contributed by atoms with van der Waals surface area (Å²) < 4.78 is 0. The van der Waals surface area contributed by atoms with E-state index in [4.69, 9.17) is 0 Å². The number of aliphatic carboxylic acids is 1. The van der Waals surface area contributed by atoms with E-state index >= 15 is 0 Å². The van der Waals surface area contributed by atoms with E-state index in [1.807, 2.05) is 12.1 Å². The van der Waals surface area contributed by atoms with Crippen molar-refractivity contribution >= 4 is 23.5 Å². The van der Waals surface area contributed by atoms with Crippen LogP contribution in [0.4, 0.5) is 0 Å². The molecule has 118 valence electrons. The van der Waals surface area contributed by atoms with Crippen LogP contribution in [-0.4, -0.2) is 16.9 Å². The van der Waals surface area contributed by atoms with Gasteiger partial charge < -0.3 is 5.11 Å². The molecule has 0 aromatic heterocycles. The second kappa shape index (κ2) is 6.20. The molecular weight excluding hydrogens is 308 g/mol. The number of Topliss-reactive ketones (excluding diaryl/α,β-unsaturated/α-hetero) is 1. The van der Waals surface area contributed by atoms with Crippen LogP contribution < -0.4 is 0 Å². The predicted molar refractivity (Wildman–Crippen MR) is 90.5 cm³/mol. The number of carbonyl (C=O) groups is 2. The highest BCUT2D eigenvalue weighted by Crippen LogP contribution is 2.39. The topological polar surface area (TPSA) is 54.4 Å². The van der Waals surface area contributed by atoms with Crippen LogP contribution in [0.25, 0.3) is 0 Å². The van der Waals surface area contributed by atoms with E-state index in [9.17, 15) is 14.7 Å². The summed E-state index contributed by atoms with van der Waals surface area (Å²) in [6, 6.07) is 11.6. The summed E-state index contributed by atoms with van der Waals surface area (Å²) in [6.07, 6.45) is 1.35. The Bertz CT molecular complexity index is 795. The first-order valence-corrected chi connectivity index (χ1v) is 8.51. The molecule has 1 unspecified atom stereocenters. The van der Waals surface area contributed by atoms with Gasteiger partial charge in [-0.15, -0.1) is 0 Å².